The van der Waals surface area contributed by atoms with E-state index in [2.05, 4.69) is 0 Å². The van der Waals surface area contributed by atoms with Crippen LogP contribution in [0.1, 0.15) is 31.4 Å². The van der Waals surface area contributed by atoms with E-state index in [1.54, 1.807) is 0 Å². The fourth-order valence-electron chi connectivity index (χ4n) is 3.28. The minimum atomic E-state index is -0.864. The Balaban J connectivity index is 2.15. The highest BCUT2D eigenvalue weighted by Gasteiger charge is 2.44. The SMILES string of the molecule is CCOC(=O)C(C/C(C)=C\COCc1ccccc1)(c1ccccc1)N(C)C. The molecule has 0 saturated carbocycles. The second kappa shape index (κ2) is 10.8. The van der Waals surface area contributed by atoms with Crippen LogP contribution in [0.2, 0.25) is 0 Å². The van der Waals surface area contributed by atoms with Crippen molar-refractivity contribution in [2.24, 2.45) is 0 Å². The smallest absolute Gasteiger partial charge is 0.331 e. The standard InChI is InChI=1S/C24H31NO3/c1-5-28-23(26)24(25(3)4,22-14-10-7-11-15-22)18-20(2)16-17-27-19-21-12-8-6-9-13-21/h6-16H,5,17-19H2,1-4H3/b20-16-. The summed E-state index contributed by atoms with van der Waals surface area (Å²) >= 11 is 0. The number of hydrogen-bond acceptors (Lipinski definition) is 4. The Morgan fingerprint density at radius 3 is 2.21 bits per heavy atom. The molecule has 2 rings (SSSR count). The zero-order chi connectivity index (χ0) is 20.4. The summed E-state index contributed by atoms with van der Waals surface area (Å²) in [5.74, 6) is -0.232. The maximum Gasteiger partial charge on any atom is 0.331 e. The van der Waals surface area contributed by atoms with Gasteiger partial charge in [0, 0.05) is 6.42 Å². The first kappa shape index (κ1) is 21.9. The van der Waals surface area contributed by atoms with Crippen molar-refractivity contribution < 1.29 is 14.3 Å². The van der Waals surface area contributed by atoms with Crippen molar-refractivity contribution in [3.8, 4) is 0 Å². The van der Waals surface area contributed by atoms with Gasteiger partial charge in [0.2, 0.25) is 0 Å². The van der Waals surface area contributed by atoms with E-state index in [4.69, 9.17) is 9.47 Å². The van der Waals surface area contributed by atoms with Gasteiger partial charge < -0.3 is 9.47 Å². The Morgan fingerprint density at radius 1 is 1.04 bits per heavy atom. The van der Waals surface area contributed by atoms with E-state index in [1.165, 1.54) is 0 Å². The Hall–Kier alpha value is -2.43. The summed E-state index contributed by atoms with van der Waals surface area (Å²) in [5.41, 5.74) is 2.29. The number of rotatable bonds is 10. The lowest BCUT2D eigenvalue weighted by molar-refractivity contribution is -0.157. The molecule has 0 aliphatic carbocycles. The van der Waals surface area contributed by atoms with E-state index in [-0.39, 0.29) is 5.97 Å². The molecule has 0 spiro atoms. The molecule has 0 aliphatic heterocycles. The average Bonchev–Trinajstić information content (AvgIpc) is 2.71. The molecule has 0 aliphatic rings. The molecular weight excluding hydrogens is 350 g/mol. The largest absolute Gasteiger partial charge is 0.464 e. The minimum Gasteiger partial charge on any atom is -0.464 e. The number of esters is 1. The van der Waals surface area contributed by atoms with Crippen molar-refractivity contribution in [3.63, 3.8) is 0 Å². The minimum absolute atomic E-state index is 0.232. The number of ether oxygens (including phenoxy) is 2. The van der Waals surface area contributed by atoms with Crippen molar-refractivity contribution in [1.29, 1.82) is 0 Å². The van der Waals surface area contributed by atoms with Gasteiger partial charge in [-0.3, -0.25) is 4.90 Å². The van der Waals surface area contributed by atoms with Crippen LogP contribution < -0.4 is 0 Å². The molecule has 4 nitrogen and oxygen atoms in total. The second-order valence-electron chi connectivity index (χ2n) is 7.07. The quantitative estimate of drug-likeness (QED) is 0.344. The number of nitrogens with zero attached hydrogens (tertiary/aromatic N) is 1. The molecule has 2 aromatic rings. The molecule has 150 valence electrons. The Morgan fingerprint density at radius 2 is 1.64 bits per heavy atom. The molecule has 0 fully saturated rings. The summed E-state index contributed by atoms with van der Waals surface area (Å²) in [5, 5.41) is 0. The summed E-state index contributed by atoms with van der Waals surface area (Å²) in [6, 6.07) is 19.9. The Labute approximate surface area is 168 Å². The first-order valence-electron chi connectivity index (χ1n) is 9.68. The molecule has 1 unspecified atom stereocenters. The molecule has 0 aromatic heterocycles. The molecule has 0 amide bonds. The fraction of sp³-hybridized carbons (Fsp3) is 0.375. The van der Waals surface area contributed by atoms with Crippen LogP contribution in [0.15, 0.2) is 72.3 Å². The fourth-order valence-corrected chi connectivity index (χ4v) is 3.28. The highest BCUT2D eigenvalue weighted by Crippen LogP contribution is 2.35. The molecule has 0 saturated heterocycles. The summed E-state index contributed by atoms with van der Waals surface area (Å²) < 4.78 is 11.2. The van der Waals surface area contributed by atoms with Crippen LogP contribution in [0.3, 0.4) is 0 Å². The van der Waals surface area contributed by atoms with Gasteiger partial charge in [0.05, 0.1) is 19.8 Å². The summed E-state index contributed by atoms with van der Waals surface area (Å²) in [6.45, 7) is 5.29. The van der Waals surface area contributed by atoms with Gasteiger partial charge in [-0.05, 0) is 39.1 Å². The third kappa shape index (κ3) is 5.54. The topological polar surface area (TPSA) is 38.8 Å². The molecule has 0 N–H and O–H groups in total. The van der Waals surface area contributed by atoms with E-state index in [9.17, 15) is 4.79 Å². The van der Waals surface area contributed by atoms with Gasteiger partial charge in [-0.15, -0.1) is 0 Å². The lowest BCUT2D eigenvalue weighted by Crippen LogP contribution is -2.49. The van der Waals surface area contributed by atoms with Gasteiger partial charge in [-0.2, -0.15) is 0 Å². The van der Waals surface area contributed by atoms with E-state index >= 15 is 0 Å². The molecule has 28 heavy (non-hydrogen) atoms. The van der Waals surface area contributed by atoms with Gasteiger partial charge in [-0.1, -0.05) is 72.3 Å². The molecule has 4 heteroatoms. The maximum atomic E-state index is 13.0. The van der Waals surface area contributed by atoms with E-state index in [1.807, 2.05) is 99.6 Å². The van der Waals surface area contributed by atoms with E-state index in [0.29, 0.717) is 26.2 Å². The van der Waals surface area contributed by atoms with Crippen LogP contribution in [0.25, 0.3) is 0 Å². The maximum absolute atomic E-state index is 13.0. The van der Waals surface area contributed by atoms with E-state index < -0.39 is 5.54 Å². The van der Waals surface area contributed by atoms with Crippen molar-refractivity contribution >= 4 is 5.97 Å². The molecule has 0 heterocycles. The molecule has 0 bridgehead atoms. The van der Waals surface area contributed by atoms with Crippen LogP contribution in [0.4, 0.5) is 0 Å². The van der Waals surface area contributed by atoms with Crippen molar-refractivity contribution in [2.75, 3.05) is 27.3 Å². The number of benzene rings is 2. The predicted molar refractivity (Wildman–Crippen MR) is 113 cm³/mol. The third-order valence-electron chi connectivity index (χ3n) is 4.82. The normalized spacial score (nSPS) is 14.0. The lowest BCUT2D eigenvalue weighted by atomic mass is 9.82. The number of hydrogen-bond donors (Lipinski definition) is 0. The zero-order valence-corrected chi connectivity index (χ0v) is 17.4. The first-order valence-corrected chi connectivity index (χ1v) is 9.68. The highest BCUT2D eigenvalue weighted by atomic mass is 16.5. The zero-order valence-electron chi connectivity index (χ0n) is 17.4. The number of carbonyl (C=O) groups excluding carboxylic acids is 1. The van der Waals surface area contributed by atoms with Crippen molar-refractivity contribution in [1.82, 2.24) is 4.90 Å². The van der Waals surface area contributed by atoms with Gasteiger partial charge in [0.25, 0.3) is 0 Å². The van der Waals surface area contributed by atoms with Crippen molar-refractivity contribution in [3.05, 3.63) is 83.4 Å². The molecule has 2 aromatic carbocycles. The second-order valence-corrected chi connectivity index (χ2v) is 7.07. The van der Waals surface area contributed by atoms with Gasteiger partial charge in [0.1, 0.15) is 5.54 Å². The van der Waals surface area contributed by atoms with E-state index in [0.717, 1.165) is 16.7 Å². The van der Waals surface area contributed by atoms with Crippen LogP contribution >= 0.6 is 0 Å². The summed E-state index contributed by atoms with van der Waals surface area (Å²) in [6.07, 6.45) is 2.58. The number of likely N-dealkylation sites (N-methyl/N-ethyl adjacent to an activating group) is 1. The Kier molecular flexibility index (Phi) is 8.42. The monoisotopic (exact) mass is 381 g/mol. The predicted octanol–water partition coefficient (Wildman–Crippen LogP) is 4.56. The first-order chi connectivity index (χ1) is 13.5. The van der Waals surface area contributed by atoms with Crippen molar-refractivity contribution in [2.45, 2.75) is 32.4 Å². The Bertz CT molecular complexity index is 756. The highest BCUT2D eigenvalue weighted by molar-refractivity contribution is 5.83. The van der Waals surface area contributed by atoms with Gasteiger partial charge >= 0.3 is 5.97 Å². The summed E-state index contributed by atoms with van der Waals surface area (Å²) in [7, 11) is 3.84. The van der Waals surface area contributed by atoms with Gasteiger partial charge in [0.15, 0.2) is 0 Å². The molecule has 0 radical (unpaired) electrons. The van der Waals surface area contributed by atoms with Gasteiger partial charge in [-0.25, -0.2) is 4.79 Å². The van der Waals surface area contributed by atoms with Crippen LogP contribution in [0, 0.1) is 0 Å². The number of carbonyl (C=O) groups is 1. The molecular formula is C24H31NO3. The average molecular weight is 382 g/mol. The van der Waals surface area contributed by atoms with Crippen LogP contribution in [0.5, 0.6) is 0 Å². The lowest BCUT2D eigenvalue weighted by Gasteiger charge is -2.38. The van der Waals surface area contributed by atoms with Crippen LogP contribution in [-0.4, -0.2) is 38.2 Å². The van der Waals surface area contributed by atoms with Crippen LogP contribution in [-0.2, 0) is 26.4 Å². The third-order valence-corrected chi connectivity index (χ3v) is 4.82. The summed E-state index contributed by atoms with van der Waals surface area (Å²) in [4.78, 5) is 15.0. The molecule has 1 atom stereocenters.